The number of hydrogen-bond donors (Lipinski definition) is 2. The zero-order valence-electron chi connectivity index (χ0n) is 23.2. The molecule has 3 aromatic carbocycles. The fraction of sp³-hybridized carbons (Fsp3) is 0.219. The Hall–Kier alpha value is -4.87. The van der Waals surface area contributed by atoms with Crippen molar-refractivity contribution in [1.82, 2.24) is 19.7 Å². The minimum atomic E-state index is -1.30. The van der Waals surface area contributed by atoms with Gasteiger partial charge in [0.1, 0.15) is 53.1 Å². The molecule has 2 aliphatic rings. The maximum atomic E-state index is 15.5. The number of nitrogen functional groups attached to an aromatic ring is 1. The highest BCUT2D eigenvalue weighted by Crippen LogP contribution is 2.47. The van der Waals surface area contributed by atoms with Crippen LogP contribution in [0.2, 0.25) is 0 Å². The summed E-state index contributed by atoms with van der Waals surface area (Å²) in [4.78, 5) is 10.6. The van der Waals surface area contributed by atoms with Crippen molar-refractivity contribution < 1.29 is 23.4 Å². The molecule has 2 unspecified atom stereocenters. The SMILES string of the molecule is CC(C1=C(c2ccccc2)C(O)c2c(F)cccc2O1)n1nc(-c2ccc(N3CCOCC3)c(F)c2)c2c(N)ncnc21. The quantitative estimate of drug-likeness (QED) is 0.288. The van der Waals surface area contributed by atoms with E-state index in [0.717, 1.165) is 0 Å². The second kappa shape index (κ2) is 10.8. The molecule has 0 saturated carbocycles. The minimum Gasteiger partial charge on any atom is -0.459 e. The Morgan fingerprint density at radius 3 is 2.51 bits per heavy atom. The van der Waals surface area contributed by atoms with Crippen LogP contribution in [-0.4, -0.2) is 51.2 Å². The summed E-state index contributed by atoms with van der Waals surface area (Å²) in [6.07, 6.45) is 0.0370. The molecule has 218 valence electrons. The molecular formula is C32H28F2N6O3. The van der Waals surface area contributed by atoms with Gasteiger partial charge >= 0.3 is 0 Å². The van der Waals surface area contributed by atoms with Gasteiger partial charge in [-0.2, -0.15) is 5.10 Å². The lowest BCUT2D eigenvalue weighted by Gasteiger charge is -2.31. The van der Waals surface area contributed by atoms with Crippen molar-refractivity contribution in [3.05, 3.63) is 102 Å². The summed E-state index contributed by atoms with van der Waals surface area (Å²) in [5.74, 6) is -0.207. The smallest absolute Gasteiger partial charge is 0.164 e. The first-order valence-corrected chi connectivity index (χ1v) is 14.0. The molecule has 3 N–H and O–H groups in total. The van der Waals surface area contributed by atoms with Gasteiger partial charge in [0.15, 0.2) is 5.65 Å². The predicted molar refractivity (Wildman–Crippen MR) is 158 cm³/mol. The number of rotatable bonds is 5. The molecule has 0 aliphatic carbocycles. The van der Waals surface area contributed by atoms with E-state index in [2.05, 4.69) is 9.97 Å². The van der Waals surface area contributed by atoms with Crippen LogP contribution in [0.1, 0.15) is 30.2 Å². The van der Waals surface area contributed by atoms with Crippen molar-refractivity contribution in [2.24, 2.45) is 0 Å². The molecule has 0 amide bonds. The number of fused-ring (bicyclic) bond motifs is 2. The van der Waals surface area contributed by atoms with E-state index < -0.39 is 23.8 Å². The Morgan fingerprint density at radius 2 is 1.74 bits per heavy atom. The van der Waals surface area contributed by atoms with Gasteiger partial charge in [-0.15, -0.1) is 0 Å². The third-order valence-electron chi connectivity index (χ3n) is 7.97. The lowest BCUT2D eigenvalue weighted by atomic mass is 9.89. The van der Waals surface area contributed by atoms with Crippen LogP contribution in [0.4, 0.5) is 20.3 Å². The largest absolute Gasteiger partial charge is 0.459 e. The molecule has 5 aromatic rings. The molecule has 4 heterocycles. The topological polar surface area (TPSA) is 112 Å². The third-order valence-corrected chi connectivity index (χ3v) is 7.97. The van der Waals surface area contributed by atoms with E-state index >= 15 is 4.39 Å². The van der Waals surface area contributed by atoms with Crippen molar-refractivity contribution >= 4 is 28.1 Å². The fourth-order valence-corrected chi connectivity index (χ4v) is 5.85. The Morgan fingerprint density at radius 1 is 0.953 bits per heavy atom. The zero-order chi connectivity index (χ0) is 29.7. The van der Waals surface area contributed by atoms with Crippen LogP contribution in [-0.2, 0) is 4.74 Å². The van der Waals surface area contributed by atoms with Gasteiger partial charge in [-0.1, -0.05) is 42.5 Å². The van der Waals surface area contributed by atoms with Gasteiger partial charge in [-0.3, -0.25) is 0 Å². The summed E-state index contributed by atoms with van der Waals surface area (Å²) in [6, 6.07) is 17.9. The van der Waals surface area contributed by atoms with Crippen LogP contribution in [0, 0.1) is 11.6 Å². The number of anilines is 2. The molecular weight excluding hydrogens is 554 g/mol. The number of nitrogens with two attached hydrogens (primary N) is 1. The first-order chi connectivity index (χ1) is 20.9. The molecule has 0 bridgehead atoms. The maximum absolute atomic E-state index is 15.5. The van der Waals surface area contributed by atoms with Crippen LogP contribution in [0.25, 0.3) is 27.9 Å². The average molecular weight is 583 g/mol. The normalized spacial score (nSPS) is 17.6. The van der Waals surface area contributed by atoms with Crippen molar-refractivity contribution in [3.63, 3.8) is 0 Å². The van der Waals surface area contributed by atoms with Gasteiger partial charge in [0.25, 0.3) is 0 Å². The number of allylic oxidation sites excluding steroid dienone is 1. The number of benzene rings is 3. The molecule has 2 aromatic heterocycles. The lowest BCUT2D eigenvalue weighted by molar-refractivity contribution is 0.122. The summed E-state index contributed by atoms with van der Waals surface area (Å²) >= 11 is 0. The van der Waals surface area contributed by atoms with Gasteiger partial charge in [-0.25, -0.2) is 23.4 Å². The summed E-state index contributed by atoms with van der Waals surface area (Å²) in [5.41, 5.74) is 9.26. The van der Waals surface area contributed by atoms with E-state index in [1.807, 2.05) is 42.2 Å². The molecule has 0 spiro atoms. The van der Waals surface area contributed by atoms with Gasteiger partial charge in [0, 0.05) is 24.2 Å². The van der Waals surface area contributed by atoms with Crippen LogP contribution in [0.5, 0.6) is 5.75 Å². The molecule has 0 radical (unpaired) electrons. The van der Waals surface area contributed by atoms with Gasteiger partial charge in [-0.05, 0) is 36.8 Å². The first kappa shape index (κ1) is 27.0. The van der Waals surface area contributed by atoms with E-state index in [0.29, 0.717) is 71.2 Å². The van der Waals surface area contributed by atoms with Crippen molar-refractivity contribution in [2.45, 2.75) is 19.1 Å². The Balaban J connectivity index is 1.38. The lowest BCUT2D eigenvalue weighted by Crippen LogP contribution is -2.36. The molecule has 9 nitrogen and oxygen atoms in total. The Labute approximate surface area is 245 Å². The van der Waals surface area contributed by atoms with Gasteiger partial charge < -0.3 is 25.2 Å². The first-order valence-electron chi connectivity index (χ1n) is 14.0. The molecule has 1 fully saturated rings. The molecule has 2 aliphatic heterocycles. The van der Waals surface area contributed by atoms with Gasteiger partial charge in [0.05, 0.1) is 29.9 Å². The van der Waals surface area contributed by atoms with Crippen molar-refractivity contribution in [2.75, 3.05) is 36.9 Å². The van der Waals surface area contributed by atoms with E-state index in [1.165, 1.54) is 24.5 Å². The number of aromatic nitrogens is 4. The highest BCUT2D eigenvalue weighted by atomic mass is 19.1. The molecule has 7 rings (SSSR count). The number of hydrogen-bond acceptors (Lipinski definition) is 8. The molecule has 1 saturated heterocycles. The Kier molecular flexibility index (Phi) is 6.75. The third kappa shape index (κ3) is 4.57. The predicted octanol–water partition coefficient (Wildman–Crippen LogP) is 5.29. The highest BCUT2D eigenvalue weighted by Gasteiger charge is 2.35. The summed E-state index contributed by atoms with van der Waals surface area (Å²) in [5, 5.41) is 16.8. The maximum Gasteiger partial charge on any atom is 0.164 e. The van der Waals surface area contributed by atoms with E-state index in [4.69, 9.17) is 20.3 Å². The minimum absolute atomic E-state index is 0.0608. The fourth-order valence-electron chi connectivity index (χ4n) is 5.85. The number of aliphatic hydroxyl groups is 1. The summed E-state index contributed by atoms with van der Waals surface area (Å²) in [6.45, 7) is 4.12. The van der Waals surface area contributed by atoms with Gasteiger partial charge in [0.2, 0.25) is 0 Å². The van der Waals surface area contributed by atoms with E-state index in [1.54, 1.807) is 22.9 Å². The monoisotopic (exact) mass is 582 g/mol. The number of ether oxygens (including phenoxy) is 2. The van der Waals surface area contributed by atoms with Crippen LogP contribution in [0.15, 0.2) is 78.8 Å². The molecule has 2 atom stereocenters. The summed E-state index contributed by atoms with van der Waals surface area (Å²) < 4.78 is 43.8. The zero-order valence-corrected chi connectivity index (χ0v) is 23.2. The average Bonchev–Trinajstić information content (AvgIpc) is 3.42. The van der Waals surface area contributed by atoms with E-state index in [9.17, 15) is 9.50 Å². The Bertz CT molecular complexity index is 1870. The van der Waals surface area contributed by atoms with Crippen LogP contribution in [0.3, 0.4) is 0 Å². The van der Waals surface area contributed by atoms with Crippen molar-refractivity contribution in [3.8, 4) is 17.0 Å². The number of halogens is 2. The van der Waals surface area contributed by atoms with Crippen molar-refractivity contribution in [1.29, 1.82) is 0 Å². The standard InChI is InChI=1S/C32H28F2N6O3/c1-18(30-25(19-6-3-2-4-7-19)29(41)26-21(33)8-5-9-24(26)43-30)40-32-27(31(35)36-17-37-32)28(38-40)20-10-11-23(22(34)16-20)39-12-14-42-15-13-39/h2-11,16-18,29,41H,12-15H2,1H3,(H2,35,36,37). The highest BCUT2D eigenvalue weighted by molar-refractivity contribution is 5.98. The van der Waals surface area contributed by atoms with Crippen LogP contribution < -0.4 is 15.4 Å². The number of nitrogens with zero attached hydrogens (tertiary/aromatic N) is 5. The molecule has 11 heteroatoms. The second-order valence-corrected chi connectivity index (χ2v) is 10.5. The van der Waals surface area contributed by atoms with E-state index in [-0.39, 0.29) is 17.1 Å². The molecule has 43 heavy (non-hydrogen) atoms. The second-order valence-electron chi connectivity index (χ2n) is 10.5. The summed E-state index contributed by atoms with van der Waals surface area (Å²) in [7, 11) is 0. The number of morpholine rings is 1. The number of aliphatic hydroxyl groups excluding tert-OH is 1. The van der Waals surface area contributed by atoms with Crippen LogP contribution >= 0.6 is 0 Å².